The van der Waals surface area contributed by atoms with Crippen LogP contribution in [-0.4, -0.2) is 47.7 Å². The molecule has 84 valence electrons. The largest absolute Gasteiger partial charge is 0.393 e. The van der Waals surface area contributed by atoms with Crippen LogP contribution in [0.4, 0.5) is 0 Å². The topological polar surface area (TPSA) is 66.8 Å². The van der Waals surface area contributed by atoms with Crippen LogP contribution in [0.1, 0.15) is 19.3 Å². The summed E-state index contributed by atoms with van der Waals surface area (Å²) in [5, 5.41) is 9.61. The smallest absolute Gasteiger partial charge is 0.255 e. The maximum atomic E-state index is 11.4. The molecule has 2 atom stereocenters. The Labute approximate surface area is 88.0 Å². The van der Waals surface area contributed by atoms with Gasteiger partial charge in [0.2, 0.25) is 0 Å². The molecule has 2 aliphatic rings. The highest BCUT2D eigenvalue weighted by Gasteiger charge is 2.33. The zero-order chi connectivity index (χ0) is 10.8. The monoisotopic (exact) mass is 213 g/mol. The first-order valence-electron chi connectivity index (χ1n) is 5.27. The molecule has 1 aliphatic heterocycles. The number of aliphatic hydroxyl groups is 1. The predicted octanol–water partition coefficient (Wildman–Crippen LogP) is -0.467. The summed E-state index contributed by atoms with van der Waals surface area (Å²) in [6.45, 7) is 0.311. The molecule has 2 rings (SSSR count). The highest BCUT2D eigenvalue weighted by molar-refractivity contribution is 5.98. The molecule has 1 aliphatic carbocycles. The van der Waals surface area contributed by atoms with Crippen molar-refractivity contribution in [2.24, 2.45) is 5.92 Å². The summed E-state index contributed by atoms with van der Waals surface area (Å²) >= 11 is 0. The molecule has 1 saturated heterocycles. The van der Waals surface area contributed by atoms with E-state index in [1.54, 1.807) is 0 Å². The second kappa shape index (κ2) is 4.28. The van der Waals surface area contributed by atoms with Crippen molar-refractivity contribution in [3.63, 3.8) is 0 Å². The zero-order valence-electron chi connectivity index (χ0n) is 8.52. The van der Waals surface area contributed by atoms with Crippen molar-refractivity contribution >= 4 is 11.8 Å². The lowest BCUT2D eigenvalue weighted by atomic mass is 10.1. The molecule has 15 heavy (non-hydrogen) atoms. The van der Waals surface area contributed by atoms with Gasteiger partial charge in [-0.2, -0.15) is 0 Å². The third-order valence-electron chi connectivity index (χ3n) is 3.09. The van der Waals surface area contributed by atoms with Crippen LogP contribution in [0.3, 0.4) is 0 Å². The van der Waals surface area contributed by atoms with E-state index in [0.717, 1.165) is 19.3 Å². The van der Waals surface area contributed by atoms with Gasteiger partial charge in [0.05, 0.1) is 6.10 Å². The van der Waals surface area contributed by atoms with Crippen molar-refractivity contribution in [3.8, 4) is 0 Å². The average Bonchev–Trinajstić information content (AvgIpc) is 2.58. The number of hydrogen-bond donors (Lipinski definition) is 1. The van der Waals surface area contributed by atoms with Gasteiger partial charge in [-0.25, -0.2) is 0 Å². The number of ether oxygens (including phenoxy) is 1. The molecule has 5 nitrogen and oxygen atoms in total. The first kappa shape index (κ1) is 10.6. The van der Waals surface area contributed by atoms with E-state index in [0.29, 0.717) is 6.54 Å². The van der Waals surface area contributed by atoms with E-state index in [4.69, 9.17) is 4.74 Å². The maximum absolute atomic E-state index is 11.4. The molecule has 1 N–H and O–H groups in total. The van der Waals surface area contributed by atoms with E-state index in [1.165, 1.54) is 4.90 Å². The van der Waals surface area contributed by atoms with E-state index in [1.807, 2.05) is 0 Å². The zero-order valence-corrected chi connectivity index (χ0v) is 8.52. The molecule has 2 amide bonds. The van der Waals surface area contributed by atoms with Crippen molar-refractivity contribution in [2.75, 3.05) is 19.8 Å². The van der Waals surface area contributed by atoms with Crippen LogP contribution in [0.5, 0.6) is 0 Å². The van der Waals surface area contributed by atoms with Gasteiger partial charge in [-0.3, -0.25) is 14.5 Å². The highest BCUT2D eigenvalue weighted by Crippen LogP contribution is 2.26. The number of aliphatic hydroxyl groups excluding tert-OH is 1. The average molecular weight is 213 g/mol. The van der Waals surface area contributed by atoms with Crippen molar-refractivity contribution in [1.29, 1.82) is 0 Å². The van der Waals surface area contributed by atoms with E-state index >= 15 is 0 Å². The molecule has 2 fully saturated rings. The second-order valence-electron chi connectivity index (χ2n) is 4.15. The Morgan fingerprint density at radius 2 is 1.93 bits per heavy atom. The summed E-state index contributed by atoms with van der Waals surface area (Å²) < 4.78 is 4.81. The van der Waals surface area contributed by atoms with Gasteiger partial charge in [-0.1, -0.05) is 6.42 Å². The Hall–Kier alpha value is -0.940. The predicted molar refractivity (Wildman–Crippen MR) is 50.9 cm³/mol. The summed E-state index contributed by atoms with van der Waals surface area (Å²) in [6.07, 6.45) is 2.27. The lowest BCUT2D eigenvalue weighted by molar-refractivity contribution is -0.159. The Kier molecular flexibility index (Phi) is 3.02. The number of hydrogen-bond acceptors (Lipinski definition) is 4. The third kappa shape index (κ3) is 2.18. The molecule has 5 heteroatoms. The minimum atomic E-state index is -0.367. The lowest BCUT2D eigenvalue weighted by Gasteiger charge is -2.28. The van der Waals surface area contributed by atoms with Crippen molar-refractivity contribution in [1.82, 2.24) is 4.90 Å². The fraction of sp³-hybridized carbons (Fsp3) is 0.800. The maximum Gasteiger partial charge on any atom is 0.255 e. The standard InChI is InChI=1S/C10H15NO4/c12-8-3-1-2-7(8)4-11-9(13)5-15-6-10(11)14/h7-8,12H,1-6H2. The normalized spacial score (nSPS) is 32.5. The summed E-state index contributed by atoms with van der Waals surface area (Å²) in [6, 6.07) is 0. The molecule has 1 saturated carbocycles. The van der Waals surface area contributed by atoms with Gasteiger partial charge >= 0.3 is 0 Å². The van der Waals surface area contributed by atoms with Gasteiger partial charge in [0.1, 0.15) is 13.2 Å². The molecule has 0 bridgehead atoms. The molecule has 0 aromatic rings. The number of carbonyl (C=O) groups is 2. The Balaban J connectivity index is 1.97. The molecular weight excluding hydrogens is 198 g/mol. The van der Waals surface area contributed by atoms with E-state index in [-0.39, 0.29) is 37.0 Å². The van der Waals surface area contributed by atoms with Crippen LogP contribution in [-0.2, 0) is 14.3 Å². The first-order valence-corrected chi connectivity index (χ1v) is 5.27. The Morgan fingerprint density at radius 1 is 1.27 bits per heavy atom. The van der Waals surface area contributed by atoms with Gasteiger partial charge in [-0.05, 0) is 12.8 Å². The fourth-order valence-corrected chi connectivity index (χ4v) is 2.19. The molecule has 0 spiro atoms. The van der Waals surface area contributed by atoms with Crippen LogP contribution < -0.4 is 0 Å². The van der Waals surface area contributed by atoms with Gasteiger partial charge < -0.3 is 9.84 Å². The molecule has 0 aromatic heterocycles. The molecule has 0 radical (unpaired) electrons. The minimum absolute atomic E-state index is 0.0193. The SMILES string of the molecule is O=C1COCC(=O)N1CC1CCCC1O. The van der Waals surface area contributed by atoms with E-state index in [2.05, 4.69) is 0 Å². The third-order valence-corrected chi connectivity index (χ3v) is 3.09. The Morgan fingerprint density at radius 3 is 2.47 bits per heavy atom. The second-order valence-corrected chi connectivity index (χ2v) is 4.15. The van der Waals surface area contributed by atoms with Crippen LogP contribution >= 0.6 is 0 Å². The first-order chi connectivity index (χ1) is 7.18. The van der Waals surface area contributed by atoms with Gasteiger partial charge in [0.25, 0.3) is 11.8 Å². The van der Waals surface area contributed by atoms with Crippen LogP contribution in [0.15, 0.2) is 0 Å². The van der Waals surface area contributed by atoms with E-state index < -0.39 is 0 Å². The van der Waals surface area contributed by atoms with Crippen molar-refractivity contribution < 1.29 is 19.4 Å². The number of rotatable bonds is 2. The number of morpholine rings is 1. The van der Waals surface area contributed by atoms with Crippen molar-refractivity contribution in [3.05, 3.63) is 0 Å². The van der Waals surface area contributed by atoms with Crippen LogP contribution in [0.2, 0.25) is 0 Å². The number of carbonyl (C=O) groups excluding carboxylic acids is 2. The molecular formula is C10H15NO4. The number of amides is 2. The number of nitrogens with zero attached hydrogens (tertiary/aromatic N) is 1. The Bertz CT molecular complexity index is 263. The summed E-state index contributed by atoms with van der Waals surface area (Å²) in [5.74, 6) is -0.522. The van der Waals surface area contributed by atoms with Crippen LogP contribution in [0, 0.1) is 5.92 Å². The van der Waals surface area contributed by atoms with Gasteiger partial charge in [0, 0.05) is 12.5 Å². The van der Waals surface area contributed by atoms with Gasteiger partial charge in [0.15, 0.2) is 0 Å². The fourth-order valence-electron chi connectivity index (χ4n) is 2.19. The summed E-state index contributed by atoms with van der Waals surface area (Å²) in [7, 11) is 0. The van der Waals surface area contributed by atoms with E-state index in [9.17, 15) is 14.7 Å². The number of imide groups is 1. The summed E-state index contributed by atoms with van der Waals surface area (Å²) in [5.41, 5.74) is 0. The minimum Gasteiger partial charge on any atom is -0.393 e. The molecule has 1 heterocycles. The summed E-state index contributed by atoms with van der Waals surface area (Å²) in [4.78, 5) is 24.0. The molecule has 0 aromatic carbocycles. The van der Waals surface area contributed by atoms with Crippen LogP contribution in [0.25, 0.3) is 0 Å². The van der Waals surface area contributed by atoms with Crippen molar-refractivity contribution in [2.45, 2.75) is 25.4 Å². The van der Waals surface area contributed by atoms with Gasteiger partial charge in [-0.15, -0.1) is 0 Å². The quantitative estimate of drug-likeness (QED) is 0.630. The lowest BCUT2D eigenvalue weighted by Crippen LogP contribution is -2.48. The molecule has 2 unspecified atom stereocenters. The highest BCUT2D eigenvalue weighted by atomic mass is 16.5.